The second-order valence-electron chi connectivity index (χ2n) is 6.02. The predicted octanol–water partition coefficient (Wildman–Crippen LogP) is 2.71. The monoisotopic (exact) mass is 446 g/mol. The van der Waals surface area contributed by atoms with Crippen LogP contribution in [0.15, 0.2) is 29.3 Å². The number of piperidine rings is 1. The van der Waals surface area contributed by atoms with E-state index in [-0.39, 0.29) is 24.0 Å². The molecule has 1 aliphatic rings. The topological polar surface area (TPSA) is 48.9 Å². The highest BCUT2D eigenvalue weighted by atomic mass is 127. The van der Waals surface area contributed by atoms with Crippen LogP contribution < -0.4 is 15.4 Å². The summed E-state index contributed by atoms with van der Waals surface area (Å²) in [5, 5.41) is 6.83. The molecule has 0 spiro atoms. The predicted molar refractivity (Wildman–Crippen MR) is 111 cm³/mol. The van der Waals surface area contributed by atoms with Crippen molar-refractivity contribution in [2.45, 2.75) is 26.3 Å². The van der Waals surface area contributed by atoms with E-state index in [1.54, 1.807) is 7.11 Å². The van der Waals surface area contributed by atoms with Crippen LogP contribution >= 0.6 is 24.0 Å². The van der Waals surface area contributed by atoms with Crippen LogP contribution in [0.1, 0.15) is 25.3 Å². The molecular weight excluding hydrogens is 415 g/mol. The smallest absolute Gasteiger partial charge is 0.191 e. The number of aliphatic imine (C=N–C) groups is 1. The van der Waals surface area contributed by atoms with Crippen molar-refractivity contribution in [2.24, 2.45) is 10.9 Å². The minimum absolute atomic E-state index is 0. The average molecular weight is 446 g/mol. The summed E-state index contributed by atoms with van der Waals surface area (Å²) in [6, 6.07) is 8.06. The maximum absolute atomic E-state index is 5.38. The Morgan fingerprint density at radius 3 is 2.83 bits per heavy atom. The van der Waals surface area contributed by atoms with E-state index in [9.17, 15) is 0 Å². The molecule has 0 bridgehead atoms. The molecule has 1 unspecified atom stereocenters. The number of para-hydroxylation sites is 1. The highest BCUT2D eigenvalue weighted by Crippen LogP contribution is 2.17. The lowest BCUT2D eigenvalue weighted by Crippen LogP contribution is -2.44. The van der Waals surface area contributed by atoms with Gasteiger partial charge in [0.15, 0.2) is 5.96 Å². The van der Waals surface area contributed by atoms with Crippen LogP contribution in [0.4, 0.5) is 0 Å². The van der Waals surface area contributed by atoms with E-state index in [0.29, 0.717) is 12.5 Å². The fourth-order valence-electron chi connectivity index (χ4n) is 3.09. The molecule has 1 heterocycles. The van der Waals surface area contributed by atoms with Crippen molar-refractivity contribution < 1.29 is 4.74 Å². The normalized spacial score (nSPS) is 18.6. The molecule has 0 radical (unpaired) electrons. The fraction of sp³-hybridized carbons (Fsp3) is 0.611. The summed E-state index contributed by atoms with van der Waals surface area (Å²) in [7, 11) is 3.52. The van der Waals surface area contributed by atoms with Crippen molar-refractivity contribution in [3.63, 3.8) is 0 Å². The van der Waals surface area contributed by atoms with Crippen molar-refractivity contribution in [1.29, 1.82) is 0 Å². The maximum atomic E-state index is 5.38. The third kappa shape index (κ3) is 6.47. The van der Waals surface area contributed by atoms with Crippen LogP contribution in [0.5, 0.6) is 5.75 Å². The van der Waals surface area contributed by atoms with Gasteiger partial charge >= 0.3 is 0 Å². The zero-order valence-corrected chi connectivity index (χ0v) is 17.4. The number of likely N-dealkylation sites (tertiary alicyclic amines) is 1. The van der Waals surface area contributed by atoms with Crippen LogP contribution in [0.25, 0.3) is 0 Å². The number of halogens is 1. The van der Waals surface area contributed by atoms with Crippen LogP contribution in [0, 0.1) is 5.92 Å². The second-order valence-corrected chi connectivity index (χ2v) is 6.02. The molecule has 1 aromatic rings. The molecule has 2 rings (SSSR count). The Hall–Kier alpha value is -1.02. The van der Waals surface area contributed by atoms with Crippen molar-refractivity contribution in [3.05, 3.63) is 29.8 Å². The van der Waals surface area contributed by atoms with Crippen LogP contribution in [-0.4, -0.2) is 51.2 Å². The molecule has 0 saturated carbocycles. The molecule has 0 amide bonds. The number of guanidine groups is 1. The van der Waals surface area contributed by atoms with Gasteiger partial charge < -0.3 is 20.3 Å². The van der Waals surface area contributed by atoms with Gasteiger partial charge in [0.1, 0.15) is 5.75 Å². The fourth-order valence-corrected chi connectivity index (χ4v) is 3.09. The van der Waals surface area contributed by atoms with E-state index in [1.165, 1.54) is 25.9 Å². The van der Waals surface area contributed by atoms with E-state index >= 15 is 0 Å². The lowest BCUT2D eigenvalue weighted by atomic mass is 9.98. The summed E-state index contributed by atoms with van der Waals surface area (Å²) < 4.78 is 5.38. The van der Waals surface area contributed by atoms with Crippen molar-refractivity contribution in [3.8, 4) is 5.75 Å². The minimum atomic E-state index is 0. The summed E-state index contributed by atoms with van der Waals surface area (Å²) in [6.45, 7) is 7.50. The van der Waals surface area contributed by atoms with Gasteiger partial charge in [-0.1, -0.05) is 25.1 Å². The van der Waals surface area contributed by atoms with Crippen LogP contribution in [-0.2, 0) is 6.54 Å². The lowest BCUT2D eigenvalue weighted by molar-refractivity contribution is 0.183. The Balaban J connectivity index is 0.00000288. The number of hydrogen-bond donors (Lipinski definition) is 2. The van der Waals surface area contributed by atoms with Gasteiger partial charge in [-0.05, 0) is 37.9 Å². The SMILES string of the molecule is CCN1CCCC(CNC(=NC)NCc2ccccc2OC)C1.I. The van der Waals surface area contributed by atoms with E-state index in [1.807, 2.05) is 25.2 Å². The third-order valence-corrected chi connectivity index (χ3v) is 4.47. The maximum Gasteiger partial charge on any atom is 0.191 e. The summed E-state index contributed by atoms with van der Waals surface area (Å²) in [5.74, 6) is 2.46. The van der Waals surface area contributed by atoms with Gasteiger partial charge in [-0.2, -0.15) is 0 Å². The Morgan fingerprint density at radius 2 is 2.12 bits per heavy atom. The summed E-state index contributed by atoms with van der Waals surface area (Å²) >= 11 is 0. The molecule has 0 aromatic heterocycles. The zero-order chi connectivity index (χ0) is 16.5. The Morgan fingerprint density at radius 1 is 1.33 bits per heavy atom. The summed E-state index contributed by atoms with van der Waals surface area (Å²) in [6.07, 6.45) is 2.60. The van der Waals surface area contributed by atoms with E-state index in [0.717, 1.165) is 30.4 Å². The Labute approximate surface area is 163 Å². The van der Waals surface area contributed by atoms with Crippen molar-refractivity contribution in [1.82, 2.24) is 15.5 Å². The zero-order valence-electron chi connectivity index (χ0n) is 15.0. The van der Waals surface area contributed by atoms with E-state index < -0.39 is 0 Å². The molecule has 1 aliphatic heterocycles. The first-order valence-corrected chi connectivity index (χ1v) is 8.55. The quantitative estimate of drug-likeness (QED) is 0.401. The van der Waals surface area contributed by atoms with Gasteiger partial charge in [-0.25, -0.2) is 0 Å². The van der Waals surface area contributed by atoms with E-state index in [4.69, 9.17) is 4.74 Å². The van der Waals surface area contributed by atoms with Crippen LogP contribution in [0.3, 0.4) is 0 Å². The number of hydrogen-bond acceptors (Lipinski definition) is 3. The standard InChI is InChI=1S/C18H30N4O.HI/c1-4-22-11-7-8-15(14-22)12-20-18(19-2)21-13-16-9-5-6-10-17(16)23-3;/h5-6,9-10,15H,4,7-8,11-14H2,1-3H3,(H2,19,20,21);1H. The molecular formula is C18H31IN4O. The molecule has 24 heavy (non-hydrogen) atoms. The van der Waals surface area contributed by atoms with Gasteiger partial charge in [0.05, 0.1) is 7.11 Å². The largest absolute Gasteiger partial charge is 0.496 e. The number of nitrogens with one attached hydrogen (secondary N) is 2. The first-order chi connectivity index (χ1) is 11.3. The molecule has 1 saturated heterocycles. The number of benzene rings is 1. The van der Waals surface area contributed by atoms with E-state index in [2.05, 4.69) is 33.5 Å². The van der Waals surface area contributed by atoms with Gasteiger partial charge in [-0.15, -0.1) is 24.0 Å². The van der Waals surface area contributed by atoms with Gasteiger partial charge in [0.25, 0.3) is 0 Å². The molecule has 1 aromatic carbocycles. The minimum Gasteiger partial charge on any atom is -0.496 e. The third-order valence-electron chi connectivity index (χ3n) is 4.47. The Bertz CT molecular complexity index is 510. The summed E-state index contributed by atoms with van der Waals surface area (Å²) in [4.78, 5) is 6.85. The lowest BCUT2D eigenvalue weighted by Gasteiger charge is -2.32. The molecule has 0 aliphatic carbocycles. The molecule has 1 atom stereocenters. The number of ether oxygens (including phenoxy) is 1. The van der Waals surface area contributed by atoms with Gasteiger partial charge in [-0.3, -0.25) is 4.99 Å². The number of nitrogens with zero attached hydrogens (tertiary/aromatic N) is 2. The van der Waals surface area contributed by atoms with Gasteiger partial charge in [0.2, 0.25) is 0 Å². The van der Waals surface area contributed by atoms with Crippen LogP contribution in [0.2, 0.25) is 0 Å². The first kappa shape index (κ1) is 21.0. The summed E-state index contributed by atoms with van der Waals surface area (Å²) in [5.41, 5.74) is 1.13. The van der Waals surface area contributed by atoms with Gasteiger partial charge in [0, 0.05) is 32.2 Å². The van der Waals surface area contributed by atoms with Crippen molar-refractivity contribution in [2.75, 3.05) is 40.3 Å². The molecule has 6 heteroatoms. The molecule has 5 nitrogen and oxygen atoms in total. The first-order valence-electron chi connectivity index (χ1n) is 8.55. The highest BCUT2D eigenvalue weighted by molar-refractivity contribution is 14.0. The second kappa shape index (κ2) is 11.5. The number of methoxy groups -OCH3 is 1. The number of rotatable bonds is 6. The molecule has 136 valence electrons. The average Bonchev–Trinajstić information content (AvgIpc) is 2.62. The highest BCUT2D eigenvalue weighted by Gasteiger charge is 2.18. The Kier molecular flexibility index (Phi) is 10.1. The van der Waals surface area contributed by atoms with Crippen molar-refractivity contribution >= 4 is 29.9 Å². The molecule has 2 N–H and O–H groups in total. The molecule has 1 fully saturated rings.